The van der Waals surface area contributed by atoms with E-state index in [1.807, 2.05) is 54.2 Å². The highest BCUT2D eigenvalue weighted by atomic mass is 32.2. The van der Waals surface area contributed by atoms with Crippen LogP contribution in [-0.4, -0.2) is 40.4 Å². The van der Waals surface area contributed by atoms with Crippen molar-refractivity contribution in [3.8, 4) is 0 Å². The third-order valence-electron chi connectivity index (χ3n) is 3.60. The number of fused-ring (bicyclic) bond motifs is 1. The highest BCUT2D eigenvalue weighted by Gasteiger charge is 2.25. The van der Waals surface area contributed by atoms with Crippen molar-refractivity contribution < 1.29 is 4.79 Å². The molecule has 2 heterocycles. The molecule has 1 aromatic carbocycles. The van der Waals surface area contributed by atoms with E-state index in [0.29, 0.717) is 6.04 Å². The fourth-order valence-electron chi connectivity index (χ4n) is 2.46. The summed E-state index contributed by atoms with van der Waals surface area (Å²) in [6.45, 7) is 0. The average molecular weight is 260 g/mol. The minimum atomic E-state index is 0.132. The number of benzene rings is 1. The van der Waals surface area contributed by atoms with Gasteiger partial charge >= 0.3 is 0 Å². The van der Waals surface area contributed by atoms with Crippen LogP contribution in [0.5, 0.6) is 0 Å². The molecule has 0 aliphatic carbocycles. The summed E-state index contributed by atoms with van der Waals surface area (Å²) in [5.41, 5.74) is 1.82. The smallest absolute Gasteiger partial charge is 0.254 e. The molecule has 1 aliphatic rings. The van der Waals surface area contributed by atoms with Gasteiger partial charge in [-0.1, -0.05) is 6.07 Å². The van der Waals surface area contributed by atoms with Gasteiger partial charge in [0.25, 0.3) is 5.91 Å². The Kier molecular flexibility index (Phi) is 3.04. The number of aromatic amines is 1. The molecule has 1 saturated heterocycles. The second-order valence-electron chi connectivity index (χ2n) is 4.68. The number of H-pyrrole nitrogens is 1. The molecule has 3 nitrogen and oxygen atoms in total. The maximum atomic E-state index is 12.5. The van der Waals surface area contributed by atoms with Crippen molar-refractivity contribution in [2.24, 2.45) is 0 Å². The van der Waals surface area contributed by atoms with Gasteiger partial charge in [0.05, 0.1) is 0 Å². The zero-order chi connectivity index (χ0) is 12.5. The van der Waals surface area contributed by atoms with Gasteiger partial charge in [-0.25, -0.2) is 0 Å². The van der Waals surface area contributed by atoms with E-state index < -0.39 is 0 Å². The summed E-state index contributed by atoms with van der Waals surface area (Å²) in [4.78, 5) is 17.6. The Morgan fingerprint density at radius 3 is 3.11 bits per heavy atom. The molecule has 1 aliphatic heterocycles. The fourth-order valence-corrected chi connectivity index (χ4v) is 3.72. The van der Waals surface area contributed by atoms with Crippen LogP contribution >= 0.6 is 11.8 Å². The first-order chi connectivity index (χ1) is 8.77. The molecule has 0 bridgehead atoms. The lowest BCUT2D eigenvalue weighted by Crippen LogP contribution is -2.37. The lowest BCUT2D eigenvalue weighted by Gasteiger charge is -2.24. The van der Waals surface area contributed by atoms with Gasteiger partial charge in [0, 0.05) is 41.5 Å². The summed E-state index contributed by atoms with van der Waals surface area (Å²) in [7, 11) is 1.92. The second kappa shape index (κ2) is 4.69. The number of amides is 1. The summed E-state index contributed by atoms with van der Waals surface area (Å²) in [6.07, 6.45) is 2.99. The van der Waals surface area contributed by atoms with Crippen LogP contribution in [0.1, 0.15) is 16.8 Å². The highest BCUT2D eigenvalue weighted by Crippen LogP contribution is 2.24. The lowest BCUT2D eigenvalue weighted by molar-refractivity contribution is 0.0750. The van der Waals surface area contributed by atoms with Crippen LogP contribution in [0.3, 0.4) is 0 Å². The second-order valence-corrected chi connectivity index (χ2v) is 5.83. The summed E-state index contributed by atoms with van der Waals surface area (Å²) >= 11 is 1.93. The van der Waals surface area contributed by atoms with Crippen molar-refractivity contribution in [3.63, 3.8) is 0 Å². The van der Waals surface area contributed by atoms with Crippen molar-refractivity contribution in [2.45, 2.75) is 12.5 Å². The Balaban J connectivity index is 1.93. The van der Waals surface area contributed by atoms with Crippen molar-refractivity contribution in [3.05, 3.63) is 36.0 Å². The Morgan fingerprint density at radius 2 is 2.33 bits per heavy atom. The zero-order valence-electron chi connectivity index (χ0n) is 10.3. The number of aromatic nitrogens is 1. The number of thioether (sulfide) groups is 1. The average Bonchev–Trinajstić information content (AvgIpc) is 3.06. The van der Waals surface area contributed by atoms with Crippen LogP contribution in [0.15, 0.2) is 30.5 Å². The van der Waals surface area contributed by atoms with E-state index in [4.69, 9.17) is 0 Å². The topological polar surface area (TPSA) is 36.1 Å². The molecule has 0 radical (unpaired) electrons. The molecule has 0 spiro atoms. The van der Waals surface area contributed by atoms with Crippen LogP contribution in [0.2, 0.25) is 0 Å². The largest absolute Gasteiger partial charge is 0.361 e. The maximum Gasteiger partial charge on any atom is 0.254 e. The summed E-state index contributed by atoms with van der Waals surface area (Å²) in [5, 5.41) is 1.01. The van der Waals surface area contributed by atoms with Crippen LogP contribution in [-0.2, 0) is 0 Å². The molecule has 18 heavy (non-hydrogen) atoms. The highest BCUT2D eigenvalue weighted by molar-refractivity contribution is 7.99. The van der Waals surface area contributed by atoms with Gasteiger partial charge in [-0.05, 0) is 30.4 Å². The molecule has 1 fully saturated rings. The molecule has 4 heteroatoms. The minimum absolute atomic E-state index is 0.132. The van der Waals surface area contributed by atoms with E-state index >= 15 is 0 Å². The van der Waals surface area contributed by atoms with E-state index in [0.717, 1.165) is 34.4 Å². The quantitative estimate of drug-likeness (QED) is 0.901. The van der Waals surface area contributed by atoms with Gasteiger partial charge in [0.2, 0.25) is 0 Å². The van der Waals surface area contributed by atoms with E-state index in [2.05, 4.69) is 4.98 Å². The number of hydrogen-bond acceptors (Lipinski definition) is 2. The molecule has 3 rings (SSSR count). The number of nitrogens with zero attached hydrogens (tertiary/aromatic N) is 1. The molecule has 1 aromatic heterocycles. The minimum Gasteiger partial charge on any atom is -0.361 e. The Hall–Kier alpha value is -1.42. The van der Waals surface area contributed by atoms with E-state index in [-0.39, 0.29) is 5.91 Å². The van der Waals surface area contributed by atoms with Crippen molar-refractivity contribution in [1.29, 1.82) is 0 Å². The molecule has 1 amide bonds. The number of carbonyl (C=O) groups is 1. The molecule has 1 N–H and O–H groups in total. The number of carbonyl (C=O) groups excluding carboxylic acids is 1. The molecule has 2 aromatic rings. The van der Waals surface area contributed by atoms with E-state index in [1.165, 1.54) is 0 Å². The Morgan fingerprint density at radius 1 is 1.44 bits per heavy atom. The van der Waals surface area contributed by atoms with Gasteiger partial charge < -0.3 is 9.88 Å². The first-order valence-electron chi connectivity index (χ1n) is 6.18. The molecular formula is C14H16N2OS. The lowest BCUT2D eigenvalue weighted by atomic mass is 10.1. The maximum absolute atomic E-state index is 12.5. The van der Waals surface area contributed by atoms with Crippen molar-refractivity contribution >= 4 is 28.6 Å². The normalized spacial score (nSPS) is 19.3. The summed E-state index contributed by atoms with van der Waals surface area (Å²) in [5.74, 6) is 2.36. The van der Waals surface area contributed by atoms with Gasteiger partial charge in [0.1, 0.15) is 0 Å². The molecule has 1 unspecified atom stereocenters. The van der Waals surface area contributed by atoms with E-state index in [1.54, 1.807) is 0 Å². The van der Waals surface area contributed by atoms with E-state index in [9.17, 15) is 4.79 Å². The predicted octanol–water partition coefficient (Wildman–Crippen LogP) is 2.75. The van der Waals surface area contributed by atoms with Crippen molar-refractivity contribution in [2.75, 3.05) is 18.6 Å². The van der Waals surface area contributed by atoms with Gasteiger partial charge in [-0.15, -0.1) is 0 Å². The molecule has 1 atom stereocenters. The van der Waals surface area contributed by atoms with Gasteiger partial charge in [-0.3, -0.25) is 4.79 Å². The Bertz CT molecular complexity index is 572. The predicted molar refractivity (Wildman–Crippen MR) is 76.1 cm³/mol. The van der Waals surface area contributed by atoms with Crippen LogP contribution in [0.4, 0.5) is 0 Å². The summed E-state index contributed by atoms with van der Waals surface area (Å²) < 4.78 is 0. The standard InChI is InChI=1S/C14H16N2OS/c1-16(10-6-8-18-9-10)14(17)12-3-2-4-13-11(12)5-7-15-13/h2-5,7,10,15H,6,8-9H2,1H3. The van der Waals surface area contributed by atoms with Crippen LogP contribution in [0, 0.1) is 0 Å². The monoisotopic (exact) mass is 260 g/mol. The van der Waals surface area contributed by atoms with Crippen LogP contribution in [0.25, 0.3) is 10.9 Å². The number of hydrogen-bond donors (Lipinski definition) is 1. The molecular weight excluding hydrogens is 244 g/mol. The SMILES string of the molecule is CN(C(=O)c1cccc2[nH]ccc12)C1CCSC1. The summed E-state index contributed by atoms with van der Waals surface area (Å²) in [6, 6.07) is 8.20. The molecule has 94 valence electrons. The fraction of sp³-hybridized carbons (Fsp3) is 0.357. The van der Waals surface area contributed by atoms with Gasteiger partial charge in [0.15, 0.2) is 0 Å². The number of nitrogens with one attached hydrogen (secondary N) is 1. The van der Waals surface area contributed by atoms with Gasteiger partial charge in [-0.2, -0.15) is 11.8 Å². The van der Waals surface area contributed by atoms with Crippen molar-refractivity contribution in [1.82, 2.24) is 9.88 Å². The van der Waals surface area contributed by atoms with Crippen LogP contribution < -0.4 is 0 Å². The third-order valence-corrected chi connectivity index (χ3v) is 4.74. The first-order valence-corrected chi connectivity index (χ1v) is 7.34. The third kappa shape index (κ3) is 1.90. The number of rotatable bonds is 2. The molecule has 0 saturated carbocycles. The zero-order valence-corrected chi connectivity index (χ0v) is 11.2. The Labute approximate surface area is 111 Å². The first kappa shape index (κ1) is 11.7.